The van der Waals surface area contributed by atoms with Gasteiger partial charge in [0.25, 0.3) is 5.91 Å². The number of aliphatic carboxylic acids is 1. The Balaban J connectivity index is 1.88. The summed E-state index contributed by atoms with van der Waals surface area (Å²) in [7, 11) is 0. The standard InChI is InChI=1S/C10H13N3O3/c14-9(7-4-11-12-5-7)13-8-2-1-6(3-8)10(15)16/h4-6,8H,1-3H2,(H,11,12)(H,13,14)(H,15,16). The molecule has 16 heavy (non-hydrogen) atoms. The lowest BCUT2D eigenvalue weighted by atomic mass is 10.1. The van der Waals surface area contributed by atoms with Crippen LogP contribution in [-0.4, -0.2) is 33.2 Å². The molecule has 1 aliphatic carbocycles. The van der Waals surface area contributed by atoms with Crippen LogP contribution in [0, 0.1) is 5.92 Å². The first kappa shape index (κ1) is 10.7. The first-order valence-electron chi connectivity index (χ1n) is 5.19. The van der Waals surface area contributed by atoms with E-state index in [1.54, 1.807) is 0 Å². The number of carboxylic acids is 1. The Kier molecular flexibility index (Phi) is 2.89. The molecule has 0 aliphatic heterocycles. The van der Waals surface area contributed by atoms with Gasteiger partial charge in [-0.1, -0.05) is 0 Å². The monoisotopic (exact) mass is 223 g/mol. The number of H-pyrrole nitrogens is 1. The highest BCUT2D eigenvalue weighted by molar-refractivity contribution is 5.93. The molecule has 1 fully saturated rings. The molecule has 0 spiro atoms. The molecule has 1 amide bonds. The van der Waals surface area contributed by atoms with Crippen LogP contribution in [0.1, 0.15) is 29.6 Å². The third-order valence-electron chi connectivity index (χ3n) is 2.88. The number of hydrogen-bond donors (Lipinski definition) is 3. The fourth-order valence-electron chi connectivity index (χ4n) is 1.98. The Hall–Kier alpha value is -1.85. The van der Waals surface area contributed by atoms with Gasteiger partial charge in [-0.15, -0.1) is 0 Å². The predicted octanol–water partition coefficient (Wildman–Crippen LogP) is 0.393. The molecular formula is C10H13N3O3. The minimum absolute atomic E-state index is 0.0384. The lowest BCUT2D eigenvalue weighted by Crippen LogP contribution is -2.33. The van der Waals surface area contributed by atoms with E-state index >= 15 is 0 Å². The van der Waals surface area contributed by atoms with Crippen molar-refractivity contribution in [3.05, 3.63) is 18.0 Å². The zero-order chi connectivity index (χ0) is 11.5. The normalized spacial score (nSPS) is 24.2. The summed E-state index contributed by atoms with van der Waals surface area (Å²) < 4.78 is 0. The number of carbonyl (C=O) groups is 2. The van der Waals surface area contributed by atoms with Crippen LogP contribution in [0.25, 0.3) is 0 Å². The number of aromatic amines is 1. The molecular weight excluding hydrogens is 210 g/mol. The van der Waals surface area contributed by atoms with Crippen molar-refractivity contribution in [2.24, 2.45) is 5.92 Å². The Morgan fingerprint density at radius 1 is 1.50 bits per heavy atom. The number of carbonyl (C=O) groups excluding carboxylic acids is 1. The van der Waals surface area contributed by atoms with Crippen LogP contribution < -0.4 is 5.32 Å². The van der Waals surface area contributed by atoms with Crippen molar-refractivity contribution in [2.75, 3.05) is 0 Å². The van der Waals surface area contributed by atoms with Crippen LogP contribution >= 0.6 is 0 Å². The lowest BCUT2D eigenvalue weighted by molar-refractivity contribution is -0.141. The fraction of sp³-hybridized carbons (Fsp3) is 0.500. The second-order valence-electron chi connectivity index (χ2n) is 4.01. The first-order valence-corrected chi connectivity index (χ1v) is 5.19. The van der Waals surface area contributed by atoms with E-state index in [0.717, 1.165) is 6.42 Å². The molecule has 1 heterocycles. The Morgan fingerprint density at radius 2 is 2.31 bits per heavy atom. The summed E-state index contributed by atoms with van der Waals surface area (Å²) in [6.45, 7) is 0. The molecule has 0 saturated heterocycles. The summed E-state index contributed by atoms with van der Waals surface area (Å²) in [5.41, 5.74) is 0.471. The van der Waals surface area contributed by atoms with Crippen molar-refractivity contribution in [3.8, 4) is 0 Å². The molecule has 0 radical (unpaired) electrons. The van der Waals surface area contributed by atoms with E-state index in [2.05, 4.69) is 15.5 Å². The maximum Gasteiger partial charge on any atom is 0.306 e. The van der Waals surface area contributed by atoms with Crippen LogP contribution in [0.15, 0.2) is 12.4 Å². The summed E-state index contributed by atoms with van der Waals surface area (Å²) in [4.78, 5) is 22.4. The SMILES string of the molecule is O=C(NC1CCC(C(=O)O)C1)c1cn[nH]c1. The maximum absolute atomic E-state index is 11.6. The summed E-state index contributed by atoms with van der Waals surface area (Å²) in [5, 5.41) is 17.9. The number of hydrogen-bond acceptors (Lipinski definition) is 3. The van der Waals surface area contributed by atoms with Crippen LogP contribution in [0.3, 0.4) is 0 Å². The Labute approximate surface area is 92.0 Å². The molecule has 2 unspecified atom stereocenters. The van der Waals surface area contributed by atoms with Crippen molar-refractivity contribution in [2.45, 2.75) is 25.3 Å². The van der Waals surface area contributed by atoms with E-state index in [1.807, 2.05) is 0 Å². The van der Waals surface area contributed by atoms with Gasteiger partial charge in [-0.3, -0.25) is 14.7 Å². The smallest absolute Gasteiger partial charge is 0.306 e. The van der Waals surface area contributed by atoms with E-state index in [9.17, 15) is 9.59 Å². The van der Waals surface area contributed by atoms with Gasteiger partial charge in [0.05, 0.1) is 17.7 Å². The molecule has 1 saturated carbocycles. The molecule has 2 rings (SSSR count). The Bertz CT molecular complexity index is 388. The van der Waals surface area contributed by atoms with Crippen molar-refractivity contribution in [1.29, 1.82) is 0 Å². The molecule has 2 atom stereocenters. The largest absolute Gasteiger partial charge is 0.481 e. The van der Waals surface area contributed by atoms with Crippen LogP contribution in [-0.2, 0) is 4.79 Å². The van der Waals surface area contributed by atoms with E-state index in [1.165, 1.54) is 12.4 Å². The van der Waals surface area contributed by atoms with E-state index < -0.39 is 5.97 Å². The van der Waals surface area contributed by atoms with Gasteiger partial charge < -0.3 is 10.4 Å². The summed E-state index contributed by atoms with van der Waals surface area (Å²) >= 11 is 0. The highest BCUT2D eigenvalue weighted by Gasteiger charge is 2.30. The van der Waals surface area contributed by atoms with Gasteiger partial charge >= 0.3 is 5.97 Å². The number of amides is 1. The number of carboxylic acid groups (broad SMARTS) is 1. The van der Waals surface area contributed by atoms with Gasteiger partial charge in [0, 0.05) is 12.2 Å². The van der Waals surface area contributed by atoms with Gasteiger partial charge in [-0.25, -0.2) is 0 Å². The van der Waals surface area contributed by atoms with E-state index in [-0.39, 0.29) is 17.9 Å². The van der Waals surface area contributed by atoms with Gasteiger partial charge in [0.2, 0.25) is 0 Å². The number of rotatable bonds is 3. The number of nitrogens with zero attached hydrogens (tertiary/aromatic N) is 1. The van der Waals surface area contributed by atoms with Crippen molar-refractivity contribution in [1.82, 2.24) is 15.5 Å². The predicted molar refractivity (Wildman–Crippen MR) is 54.8 cm³/mol. The lowest BCUT2D eigenvalue weighted by Gasteiger charge is -2.11. The van der Waals surface area contributed by atoms with Crippen LogP contribution in [0.2, 0.25) is 0 Å². The highest BCUT2D eigenvalue weighted by atomic mass is 16.4. The second-order valence-corrected chi connectivity index (χ2v) is 4.01. The maximum atomic E-state index is 11.6. The van der Waals surface area contributed by atoms with Crippen LogP contribution in [0.5, 0.6) is 0 Å². The van der Waals surface area contributed by atoms with Crippen molar-refractivity contribution >= 4 is 11.9 Å². The summed E-state index contributed by atoms with van der Waals surface area (Å²) in [6.07, 6.45) is 4.82. The zero-order valence-corrected chi connectivity index (χ0v) is 8.64. The fourth-order valence-corrected chi connectivity index (χ4v) is 1.98. The Morgan fingerprint density at radius 3 is 2.88 bits per heavy atom. The second kappa shape index (κ2) is 4.34. The molecule has 1 aliphatic rings. The zero-order valence-electron chi connectivity index (χ0n) is 8.64. The first-order chi connectivity index (χ1) is 7.66. The minimum atomic E-state index is -0.778. The average molecular weight is 223 g/mol. The molecule has 1 aromatic rings. The number of aromatic nitrogens is 2. The molecule has 6 nitrogen and oxygen atoms in total. The van der Waals surface area contributed by atoms with Crippen molar-refractivity contribution < 1.29 is 14.7 Å². The van der Waals surface area contributed by atoms with Gasteiger partial charge in [-0.2, -0.15) is 5.10 Å². The average Bonchev–Trinajstić information content (AvgIpc) is 2.87. The third kappa shape index (κ3) is 2.21. The van der Waals surface area contributed by atoms with Gasteiger partial charge in [0.1, 0.15) is 0 Å². The minimum Gasteiger partial charge on any atom is -0.481 e. The van der Waals surface area contributed by atoms with Gasteiger partial charge in [0.15, 0.2) is 0 Å². The number of nitrogens with one attached hydrogen (secondary N) is 2. The van der Waals surface area contributed by atoms with Crippen molar-refractivity contribution in [3.63, 3.8) is 0 Å². The van der Waals surface area contributed by atoms with E-state index in [0.29, 0.717) is 18.4 Å². The summed E-state index contributed by atoms with van der Waals surface area (Å²) in [6, 6.07) is -0.0384. The molecule has 86 valence electrons. The molecule has 1 aromatic heterocycles. The topological polar surface area (TPSA) is 95.1 Å². The van der Waals surface area contributed by atoms with Gasteiger partial charge in [-0.05, 0) is 19.3 Å². The summed E-state index contributed by atoms with van der Waals surface area (Å²) in [5.74, 6) is -1.31. The highest BCUT2D eigenvalue weighted by Crippen LogP contribution is 2.25. The molecule has 0 aromatic carbocycles. The quantitative estimate of drug-likeness (QED) is 0.690. The molecule has 3 N–H and O–H groups in total. The van der Waals surface area contributed by atoms with E-state index in [4.69, 9.17) is 5.11 Å². The third-order valence-corrected chi connectivity index (χ3v) is 2.88. The molecule has 0 bridgehead atoms. The van der Waals surface area contributed by atoms with Crippen LogP contribution in [0.4, 0.5) is 0 Å². The molecule has 6 heteroatoms.